The van der Waals surface area contributed by atoms with Crippen molar-refractivity contribution in [3.63, 3.8) is 0 Å². The molecule has 3 heteroatoms. The van der Waals surface area contributed by atoms with E-state index in [0.717, 1.165) is 13.0 Å². The summed E-state index contributed by atoms with van der Waals surface area (Å²) in [5, 5.41) is 2.84. The van der Waals surface area contributed by atoms with E-state index >= 15 is 0 Å². The van der Waals surface area contributed by atoms with E-state index in [1.807, 2.05) is 0 Å². The Balaban J connectivity index is 2.96. The van der Waals surface area contributed by atoms with Gasteiger partial charge in [0, 0.05) is 6.54 Å². The summed E-state index contributed by atoms with van der Waals surface area (Å²) in [5.41, 5.74) is 0. The van der Waals surface area contributed by atoms with Gasteiger partial charge < -0.3 is 5.32 Å². The second kappa shape index (κ2) is 13.9. The van der Waals surface area contributed by atoms with E-state index in [4.69, 9.17) is 0 Å². The van der Waals surface area contributed by atoms with Gasteiger partial charge in [0.15, 0.2) is 0 Å². The van der Waals surface area contributed by atoms with Crippen LogP contribution in [0.25, 0.3) is 0 Å². The van der Waals surface area contributed by atoms with E-state index in [2.05, 4.69) is 24.9 Å². The average molecular weight is 259 g/mol. The summed E-state index contributed by atoms with van der Waals surface area (Å²) in [6.07, 6.45) is 13.3. The fraction of sp³-hybridized carbons (Fsp3) is 0.929. The molecule has 102 valence electrons. The molecule has 0 fully saturated rings. The lowest BCUT2D eigenvalue weighted by atomic mass is 10.1. The van der Waals surface area contributed by atoms with Crippen LogP contribution in [0.1, 0.15) is 71.1 Å². The first kappa shape index (κ1) is 16.8. The average Bonchev–Trinajstić information content (AvgIpc) is 2.35. The molecule has 0 unspecified atom stereocenters. The monoisotopic (exact) mass is 259 g/mol. The van der Waals surface area contributed by atoms with Crippen molar-refractivity contribution in [2.45, 2.75) is 71.1 Å². The van der Waals surface area contributed by atoms with Crippen molar-refractivity contribution in [3.8, 4) is 0 Å². The van der Waals surface area contributed by atoms with Gasteiger partial charge in [-0.25, -0.2) is 0 Å². The first-order chi connectivity index (χ1) is 8.31. The van der Waals surface area contributed by atoms with Crippen LogP contribution < -0.4 is 5.32 Å². The Bertz CT molecular complexity index is 174. The lowest BCUT2D eigenvalue weighted by Gasteiger charge is -2.03. The lowest BCUT2D eigenvalue weighted by molar-refractivity contribution is -0.118. The molecule has 0 aliphatic carbocycles. The van der Waals surface area contributed by atoms with Crippen molar-refractivity contribution >= 4 is 18.5 Å². The SMILES string of the molecule is CCCCCCCCCCCCNC(=O)CS. The number of carbonyl (C=O) groups is 1. The molecular formula is C14H29NOS. The van der Waals surface area contributed by atoms with Crippen LogP contribution in [0.4, 0.5) is 0 Å². The highest BCUT2D eigenvalue weighted by molar-refractivity contribution is 7.81. The third-order valence-electron chi connectivity index (χ3n) is 3.00. The zero-order valence-electron chi connectivity index (χ0n) is 11.3. The van der Waals surface area contributed by atoms with Crippen molar-refractivity contribution in [2.24, 2.45) is 0 Å². The minimum absolute atomic E-state index is 0.0456. The molecular weight excluding hydrogens is 230 g/mol. The maximum absolute atomic E-state index is 10.9. The summed E-state index contributed by atoms with van der Waals surface area (Å²) in [6.45, 7) is 3.07. The summed E-state index contributed by atoms with van der Waals surface area (Å²) in [5.74, 6) is 0.349. The Morgan fingerprint density at radius 1 is 0.882 bits per heavy atom. The van der Waals surface area contributed by atoms with Gasteiger partial charge in [-0.3, -0.25) is 4.79 Å². The molecule has 0 saturated carbocycles. The van der Waals surface area contributed by atoms with Crippen molar-refractivity contribution in [1.82, 2.24) is 5.32 Å². The van der Waals surface area contributed by atoms with Crippen molar-refractivity contribution < 1.29 is 4.79 Å². The fourth-order valence-corrected chi connectivity index (χ4v) is 2.01. The maximum atomic E-state index is 10.9. The zero-order chi connectivity index (χ0) is 12.8. The van der Waals surface area contributed by atoms with Gasteiger partial charge in [0.05, 0.1) is 5.75 Å². The summed E-state index contributed by atoms with van der Waals surface area (Å²) in [7, 11) is 0. The summed E-state index contributed by atoms with van der Waals surface area (Å²) < 4.78 is 0. The van der Waals surface area contributed by atoms with Crippen molar-refractivity contribution in [1.29, 1.82) is 0 Å². The Morgan fingerprint density at radius 3 is 1.82 bits per heavy atom. The molecule has 2 nitrogen and oxygen atoms in total. The third-order valence-corrected chi connectivity index (χ3v) is 3.28. The summed E-state index contributed by atoms with van der Waals surface area (Å²) in [4.78, 5) is 10.9. The van der Waals surface area contributed by atoms with E-state index in [0.29, 0.717) is 5.75 Å². The highest BCUT2D eigenvalue weighted by Crippen LogP contribution is 2.10. The van der Waals surface area contributed by atoms with Gasteiger partial charge in [-0.2, -0.15) is 12.6 Å². The predicted octanol–water partition coefficient (Wildman–Crippen LogP) is 3.95. The number of unbranched alkanes of at least 4 members (excludes halogenated alkanes) is 9. The molecule has 0 aliphatic rings. The van der Waals surface area contributed by atoms with Crippen LogP contribution in [0.15, 0.2) is 0 Å². The predicted molar refractivity (Wildman–Crippen MR) is 78.7 cm³/mol. The molecule has 0 rings (SSSR count). The molecule has 17 heavy (non-hydrogen) atoms. The number of rotatable bonds is 12. The van der Waals surface area contributed by atoms with Gasteiger partial charge in [-0.15, -0.1) is 0 Å². The van der Waals surface area contributed by atoms with E-state index in [-0.39, 0.29) is 5.91 Å². The topological polar surface area (TPSA) is 29.1 Å². The minimum atomic E-state index is 0.0456. The molecule has 0 radical (unpaired) electrons. The minimum Gasteiger partial charge on any atom is -0.355 e. The van der Waals surface area contributed by atoms with Crippen LogP contribution in [0.3, 0.4) is 0 Å². The fourth-order valence-electron chi connectivity index (χ4n) is 1.90. The molecule has 0 atom stereocenters. The number of amides is 1. The van der Waals surface area contributed by atoms with E-state index < -0.39 is 0 Å². The molecule has 1 amide bonds. The third kappa shape index (κ3) is 13.8. The van der Waals surface area contributed by atoms with E-state index in [1.165, 1.54) is 57.8 Å². The Kier molecular flexibility index (Phi) is 13.7. The van der Waals surface area contributed by atoms with Crippen LogP contribution in [0.2, 0.25) is 0 Å². The smallest absolute Gasteiger partial charge is 0.229 e. The first-order valence-corrected chi connectivity index (χ1v) is 7.82. The van der Waals surface area contributed by atoms with Crippen molar-refractivity contribution in [3.05, 3.63) is 0 Å². The number of carbonyl (C=O) groups excluding carboxylic acids is 1. The lowest BCUT2D eigenvalue weighted by Crippen LogP contribution is -2.25. The largest absolute Gasteiger partial charge is 0.355 e. The van der Waals surface area contributed by atoms with Gasteiger partial charge in [0.25, 0.3) is 0 Å². The molecule has 0 saturated heterocycles. The van der Waals surface area contributed by atoms with E-state index in [1.54, 1.807) is 0 Å². The number of hydrogen-bond donors (Lipinski definition) is 2. The number of nitrogens with one attached hydrogen (secondary N) is 1. The highest BCUT2D eigenvalue weighted by Gasteiger charge is 1.96. The molecule has 0 aromatic carbocycles. The van der Waals surface area contributed by atoms with Gasteiger partial charge in [0.1, 0.15) is 0 Å². The highest BCUT2D eigenvalue weighted by atomic mass is 32.1. The van der Waals surface area contributed by atoms with Crippen LogP contribution in [-0.4, -0.2) is 18.2 Å². The van der Waals surface area contributed by atoms with Crippen molar-refractivity contribution in [2.75, 3.05) is 12.3 Å². The maximum Gasteiger partial charge on any atom is 0.229 e. The first-order valence-electron chi connectivity index (χ1n) is 7.18. The molecule has 0 aliphatic heterocycles. The summed E-state index contributed by atoms with van der Waals surface area (Å²) >= 11 is 3.91. The quantitative estimate of drug-likeness (QED) is 0.403. The standard InChI is InChI=1S/C14H29NOS/c1-2-3-4-5-6-7-8-9-10-11-12-15-14(16)13-17/h17H,2-13H2,1H3,(H,15,16). The second-order valence-corrected chi connectivity index (χ2v) is 5.01. The Hall–Kier alpha value is -0.180. The normalized spacial score (nSPS) is 10.5. The van der Waals surface area contributed by atoms with E-state index in [9.17, 15) is 4.79 Å². The van der Waals surface area contributed by atoms with Crippen LogP contribution in [-0.2, 0) is 4.79 Å². The molecule has 0 aromatic rings. The number of thiol groups is 1. The van der Waals surface area contributed by atoms with Gasteiger partial charge in [-0.05, 0) is 6.42 Å². The zero-order valence-corrected chi connectivity index (χ0v) is 12.2. The summed E-state index contributed by atoms with van der Waals surface area (Å²) in [6, 6.07) is 0. The molecule has 0 aromatic heterocycles. The molecule has 0 bridgehead atoms. The van der Waals surface area contributed by atoms with Gasteiger partial charge >= 0.3 is 0 Å². The molecule has 0 spiro atoms. The van der Waals surface area contributed by atoms with Crippen LogP contribution in [0, 0.1) is 0 Å². The Labute approximate surface area is 112 Å². The molecule has 1 N–H and O–H groups in total. The number of hydrogen-bond acceptors (Lipinski definition) is 2. The van der Waals surface area contributed by atoms with Gasteiger partial charge in [-0.1, -0.05) is 64.7 Å². The Morgan fingerprint density at radius 2 is 1.35 bits per heavy atom. The molecule has 0 heterocycles. The van der Waals surface area contributed by atoms with Crippen LogP contribution >= 0.6 is 12.6 Å². The van der Waals surface area contributed by atoms with Crippen LogP contribution in [0.5, 0.6) is 0 Å². The second-order valence-electron chi connectivity index (χ2n) is 4.69. The van der Waals surface area contributed by atoms with Gasteiger partial charge in [0.2, 0.25) is 5.91 Å².